The number of aromatic nitrogens is 1. The number of hydrogen-bond donors (Lipinski definition) is 2. The molecule has 2 amide bonds. The zero-order valence-corrected chi connectivity index (χ0v) is 11.6. The zero-order valence-electron chi connectivity index (χ0n) is 11.6. The number of pyridine rings is 1. The van der Waals surface area contributed by atoms with E-state index in [0.717, 1.165) is 6.42 Å². The third kappa shape index (κ3) is 3.94. The van der Waals surface area contributed by atoms with Crippen LogP contribution in [0, 0.1) is 6.92 Å². The van der Waals surface area contributed by atoms with Crippen molar-refractivity contribution < 1.29 is 9.59 Å². The minimum absolute atomic E-state index is 0.0391. The highest BCUT2D eigenvalue weighted by atomic mass is 16.2. The van der Waals surface area contributed by atoms with Gasteiger partial charge in [-0.15, -0.1) is 0 Å². The van der Waals surface area contributed by atoms with E-state index in [1.807, 2.05) is 6.92 Å². The van der Waals surface area contributed by atoms with Gasteiger partial charge in [-0.25, -0.2) is 0 Å². The van der Waals surface area contributed by atoms with Gasteiger partial charge in [-0.2, -0.15) is 0 Å². The van der Waals surface area contributed by atoms with Crippen molar-refractivity contribution >= 4 is 17.5 Å². The number of likely N-dealkylation sites (N-methyl/N-ethyl adjacent to an activating group) is 1. The molecule has 1 rings (SSSR count). The summed E-state index contributed by atoms with van der Waals surface area (Å²) in [6.07, 6.45) is 2.28. The second-order valence-electron chi connectivity index (χ2n) is 4.30. The van der Waals surface area contributed by atoms with Crippen LogP contribution >= 0.6 is 0 Å². The van der Waals surface area contributed by atoms with Crippen molar-refractivity contribution in [3.63, 3.8) is 0 Å². The van der Waals surface area contributed by atoms with Crippen molar-refractivity contribution in [1.29, 1.82) is 0 Å². The van der Waals surface area contributed by atoms with E-state index in [-0.39, 0.29) is 18.4 Å². The lowest BCUT2D eigenvalue weighted by molar-refractivity contribution is -0.121. The Balaban J connectivity index is 2.98. The summed E-state index contributed by atoms with van der Waals surface area (Å²) in [5, 5.41) is 2.51. The molecular formula is C13H20N4O2. The molecule has 6 heteroatoms. The number of amides is 2. The maximum absolute atomic E-state index is 12.4. The monoisotopic (exact) mass is 264 g/mol. The van der Waals surface area contributed by atoms with Crippen molar-refractivity contribution in [3.05, 3.63) is 23.5 Å². The molecule has 1 aromatic rings. The first-order valence-electron chi connectivity index (χ1n) is 6.21. The Hall–Kier alpha value is -2.11. The van der Waals surface area contributed by atoms with Gasteiger partial charge in [-0.3, -0.25) is 14.6 Å². The van der Waals surface area contributed by atoms with E-state index in [4.69, 9.17) is 5.73 Å². The lowest BCUT2D eigenvalue weighted by Gasteiger charge is -2.22. The van der Waals surface area contributed by atoms with Gasteiger partial charge in [-0.1, -0.05) is 6.92 Å². The van der Waals surface area contributed by atoms with E-state index in [9.17, 15) is 9.59 Å². The molecule has 0 atom stereocenters. The van der Waals surface area contributed by atoms with E-state index in [0.29, 0.717) is 23.5 Å². The molecule has 0 aromatic carbocycles. The molecule has 0 aliphatic heterocycles. The lowest BCUT2D eigenvalue weighted by atomic mass is 10.1. The molecule has 0 fully saturated rings. The van der Waals surface area contributed by atoms with Gasteiger partial charge in [0.2, 0.25) is 5.91 Å². The van der Waals surface area contributed by atoms with Crippen molar-refractivity contribution in [2.75, 3.05) is 25.9 Å². The Kier molecular flexibility index (Phi) is 5.29. The summed E-state index contributed by atoms with van der Waals surface area (Å²) in [5.41, 5.74) is 7.14. The fraction of sp³-hybridized carbons (Fsp3) is 0.462. The molecule has 0 unspecified atom stereocenters. The Labute approximate surface area is 113 Å². The average molecular weight is 264 g/mol. The summed E-state index contributed by atoms with van der Waals surface area (Å²) in [6.45, 7) is 4.25. The van der Waals surface area contributed by atoms with Crippen molar-refractivity contribution in [2.45, 2.75) is 20.3 Å². The summed E-state index contributed by atoms with van der Waals surface area (Å²) >= 11 is 0. The molecule has 6 nitrogen and oxygen atoms in total. The third-order valence-electron chi connectivity index (χ3n) is 2.73. The van der Waals surface area contributed by atoms with Gasteiger partial charge < -0.3 is 16.0 Å². The first kappa shape index (κ1) is 14.9. The van der Waals surface area contributed by atoms with Crippen LogP contribution in [0.1, 0.15) is 29.4 Å². The van der Waals surface area contributed by atoms with Crippen molar-refractivity contribution in [2.24, 2.45) is 0 Å². The molecule has 0 saturated heterocycles. The summed E-state index contributed by atoms with van der Waals surface area (Å²) in [7, 11) is 1.55. The van der Waals surface area contributed by atoms with Crippen LogP contribution in [-0.2, 0) is 4.79 Å². The first-order valence-corrected chi connectivity index (χ1v) is 6.21. The molecule has 1 aromatic heterocycles. The largest absolute Gasteiger partial charge is 0.397 e. The number of carbonyl (C=O) groups excluding carboxylic acids is 2. The number of nitrogen functional groups attached to an aromatic ring is 1. The van der Waals surface area contributed by atoms with Crippen LogP contribution in [-0.4, -0.2) is 41.8 Å². The lowest BCUT2D eigenvalue weighted by Crippen LogP contribution is -2.40. The van der Waals surface area contributed by atoms with Gasteiger partial charge >= 0.3 is 0 Å². The maximum atomic E-state index is 12.4. The molecule has 0 radical (unpaired) electrons. The van der Waals surface area contributed by atoms with Gasteiger partial charge in [0, 0.05) is 13.6 Å². The summed E-state index contributed by atoms with van der Waals surface area (Å²) in [6, 6.07) is 1.59. The van der Waals surface area contributed by atoms with Gasteiger partial charge in [0.05, 0.1) is 29.7 Å². The number of nitrogens with two attached hydrogens (primary N) is 1. The SMILES string of the molecule is CCCN(CC(=O)NC)C(=O)c1cc(N)cnc1C. The van der Waals surface area contributed by atoms with E-state index in [2.05, 4.69) is 10.3 Å². The molecule has 104 valence electrons. The maximum Gasteiger partial charge on any atom is 0.256 e. The fourth-order valence-electron chi connectivity index (χ4n) is 1.71. The highest BCUT2D eigenvalue weighted by Gasteiger charge is 2.20. The van der Waals surface area contributed by atoms with Gasteiger partial charge in [-0.05, 0) is 19.4 Å². The Morgan fingerprint density at radius 3 is 2.74 bits per heavy atom. The van der Waals surface area contributed by atoms with E-state index < -0.39 is 0 Å². The number of anilines is 1. The van der Waals surface area contributed by atoms with Crippen LogP contribution < -0.4 is 11.1 Å². The molecular weight excluding hydrogens is 244 g/mol. The highest BCUT2D eigenvalue weighted by Crippen LogP contribution is 2.12. The second-order valence-corrected chi connectivity index (χ2v) is 4.30. The molecule has 0 bridgehead atoms. The second kappa shape index (κ2) is 6.72. The van der Waals surface area contributed by atoms with Crippen LogP contribution in [0.5, 0.6) is 0 Å². The Morgan fingerprint density at radius 2 is 2.16 bits per heavy atom. The van der Waals surface area contributed by atoms with Crippen LogP contribution in [0.4, 0.5) is 5.69 Å². The van der Waals surface area contributed by atoms with Crippen LogP contribution in [0.2, 0.25) is 0 Å². The molecule has 1 heterocycles. The molecule has 0 aliphatic carbocycles. The number of carbonyl (C=O) groups is 2. The average Bonchev–Trinajstić information content (AvgIpc) is 2.40. The fourth-order valence-corrected chi connectivity index (χ4v) is 1.71. The number of nitrogens with one attached hydrogen (secondary N) is 1. The van der Waals surface area contributed by atoms with Crippen LogP contribution in [0.15, 0.2) is 12.3 Å². The standard InChI is InChI=1S/C13H20N4O2/c1-4-5-17(8-12(18)15-3)13(19)11-6-10(14)7-16-9(11)2/h6-7H,4-5,8,14H2,1-3H3,(H,15,18). The molecule has 19 heavy (non-hydrogen) atoms. The van der Waals surface area contributed by atoms with Crippen molar-refractivity contribution in [1.82, 2.24) is 15.2 Å². The summed E-state index contributed by atoms with van der Waals surface area (Å²) in [4.78, 5) is 29.4. The van der Waals surface area contributed by atoms with Crippen molar-refractivity contribution in [3.8, 4) is 0 Å². The van der Waals surface area contributed by atoms with Gasteiger partial charge in [0.25, 0.3) is 5.91 Å². The minimum Gasteiger partial charge on any atom is -0.397 e. The Bertz CT molecular complexity index is 474. The van der Waals surface area contributed by atoms with E-state index in [1.165, 1.54) is 11.1 Å². The van der Waals surface area contributed by atoms with Crippen LogP contribution in [0.25, 0.3) is 0 Å². The Morgan fingerprint density at radius 1 is 1.47 bits per heavy atom. The highest BCUT2D eigenvalue weighted by molar-refractivity contribution is 5.97. The normalized spacial score (nSPS) is 10.1. The predicted molar refractivity (Wildman–Crippen MR) is 73.6 cm³/mol. The zero-order chi connectivity index (χ0) is 14.4. The van der Waals surface area contributed by atoms with Gasteiger partial charge in [0.1, 0.15) is 0 Å². The molecule has 3 N–H and O–H groups in total. The molecule has 0 saturated carbocycles. The first-order chi connectivity index (χ1) is 8.99. The number of rotatable bonds is 5. The molecule has 0 aliphatic rings. The number of hydrogen-bond acceptors (Lipinski definition) is 4. The quantitative estimate of drug-likeness (QED) is 0.813. The minimum atomic E-state index is -0.220. The van der Waals surface area contributed by atoms with E-state index >= 15 is 0 Å². The molecule has 0 spiro atoms. The third-order valence-corrected chi connectivity index (χ3v) is 2.73. The number of nitrogens with zero attached hydrogens (tertiary/aromatic N) is 2. The topological polar surface area (TPSA) is 88.3 Å². The summed E-state index contributed by atoms with van der Waals surface area (Å²) in [5.74, 6) is -0.418. The predicted octanol–water partition coefficient (Wildman–Crippen LogP) is 0.570. The number of aryl methyl sites for hydroxylation is 1. The summed E-state index contributed by atoms with van der Waals surface area (Å²) < 4.78 is 0. The smallest absolute Gasteiger partial charge is 0.256 e. The van der Waals surface area contributed by atoms with E-state index in [1.54, 1.807) is 20.0 Å². The van der Waals surface area contributed by atoms with Crippen LogP contribution in [0.3, 0.4) is 0 Å². The van der Waals surface area contributed by atoms with Gasteiger partial charge in [0.15, 0.2) is 0 Å².